The lowest BCUT2D eigenvalue weighted by Crippen LogP contribution is -2.23. The van der Waals surface area contributed by atoms with Crippen molar-refractivity contribution in [1.82, 2.24) is 10.3 Å². The van der Waals surface area contributed by atoms with Crippen molar-refractivity contribution in [3.8, 4) is 0 Å². The van der Waals surface area contributed by atoms with Gasteiger partial charge in [0.2, 0.25) is 0 Å². The van der Waals surface area contributed by atoms with Gasteiger partial charge in [-0.2, -0.15) is 0 Å². The number of aromatic nitrogens is 1. The molecular weight excluding hydrogens is 192 g/mol. The maximum absolute atomic E-state index is 10.7. The Morgan fingerprint density at radius 2 is 2.33 bits per heavy atom. The number of carboxylic acids is 1. The molecule has 1 atom stereocenters. The molecule has 0 aliphatic carbocycles. The molecule has 0 aromatic carbocycles. The first kappa shape index (κ1) is 11.7. The Morgan fingerprint density at radius 1 is 1.60 bits per heavy atom. The molecule has 0 radical (unpaired) electrons. The molecular formula is C11H16N2O2. The normalized spacial score (nSPS) is 12.4. The van der Waals surface area contributed by atoms with Gasteiger partial charge in [-0.25, -0.2) is 0 Å². The fraction of sp³-hybridized carbons (Fsp3) is 0.455. The van der Waals surface area contributed by atoms with E-state index in [0.29, 0.717) is 0 Å². The second-order valence-electron chi connectivity index (χ2n) is 3.44. The Hall–Kier alpha value is -1.42. The van der Waals surface area contributed by atoms with Crippen LogP contribution in [0.4, 0.5) is 0 Å². The van der Waals surface area contributed by atoms with E-state index in [1.807, 2.05) is 26.0 Å². The van der Waals surface area contributed by atoms with Gasteiger partial charge >= 0.3 is 5.97 Å². The third kappa shape index (κ3) is 3.67. The molecule has 4 heteroatoms. The summed E-state index contributed by atoms with van der Waals surface area (Å²) in [4.78, 5) is 14.8. The quantitative estimate of drug-likeness (QED) is 0.770. The fourth-order valence-corrected chi connectivity index (χ4v) is 1.41. The SMILES string of the molecule is CCNC(CC(=O)O)c1ccc(C)nc1. The molecule has 4 nitrogen and oxygen atoms in total. The van der Waals surface area contributed by atoms with Crippen LogP contribution in [0.1, 0.15) is 30.6 Å². The standard InChI is InChI=1S/C11H16N2O2/c1-3-12-10(6-11(14)15)9-5-4-8(2)13-7-9/h4-5,7,10,12H,3,6H2,1-2H3,(H,14,15). The van der Waals surface area contributed by atoms with Crippen molar-refractivity contribution in [3.05, 3.63) is 29.6 Å². The summed E-state index contributed by atoms with van der Waals surface area (Å²) < 4.78 is 0. The largest absolute Gasteiger partial charge is 0.481 e. The van der Waals surface area contributed by atoms with Crippen LogP contribution in [0.15, 0.2) is 18.3 Å². The molecule has 1 rings (SSSR count). The van der Waals surface area contributed by atoms with Gasteiger partial charge < -0.3 is 10.4 Å². The summed E-state index contributed by atoms with van der Waals surface area (Å²) in [6.07, 6.45) is 1.81. The monoisotopic (exact) mass is 208 g/mol. The van der Waals surface area contributed by atoms with Crippen molar-refractivity contribution in [2.75, 3.05) is 6.54 Å². The smallest absolute Gasteiger partial charge is 0.305 e. The Bertz CT molecular complexity index is 322. The van der Waals surface area contributed by atoms with Gasteiger partial charge in [0.25, 0.3) is 0 Å². The first-order chi connectivity index (χ1) is 7.13. The van der Waals surface area contributed by atoms with Gasteiger partial charge in [-0.15, -0.1) is 0 Å². The number of nitrogens with one attached hydrogen (secondary N) is 1. The summed E-state index contributed by atoms with van der Waals surface area (Å²) in [5, 5.41) is 11.9. The van der Waals surface area contributed by atoms with E-state index < -0.39 is 5.97 Å². The molecule has 1 aromatic rings. The van der Waals surface area contributed by atoms with Gasteiger partial charge in [0.05, 0.1) is 6.42 Å². The van der Waals surface area contributed by atoms with Crippen LogP contribution in [0.2, 0.25) is 0 Å². The van der Waals surface area contributed by atoms with E-state index in [1.165, 1.54) is 0 Å². The minimum atomic E-state index is -0.804. The van der Waals surface area contributed by atoms with E-state index >= 15 is 0 Å². The first-order valence-corrected chi connectivity index (χ1v) is 5.01. The molecule has 1 heterocycles. The van der Waals surface area contributed by atoms with E-state index in [1.54, 1.807) is 6.20 Å². The third-order valence-electron chi connectivity index (χ3n) is 2.17. The van der Waals surface area contributed by atoms with Crippen molar-refractivity contribution < 1.29 is 9.90 Å². The molecule has 0 amide bonds. The maximum Gasteiger partial charge on any atom is 0.305 e. The van der Waals surface area contributed by atoms with E-state index in [0.717, 1.165) is 17.8 Å². The zero-order valence-electron chi connectivity index (χ0n) is 9.03. The van der Waals surface area contributed by atoms with Crippen molar-refractivity contribution in [2.45, 2.75) is 26.3 Å². The highest BCUT2D eigenvalue weighted by Gasteiger charge is 2.14. The van der Waals surface area contributed by atoms with Crippen LogP contribution in [0.3, 0.4) is 0 Å². The van der Waals surface area contributed by atoms with Gasteiger partial charge in [-0.1, -0.05) is 13.0 Å². The molecule has 0 aliphatic rings. The number of nitrogens with zero attached hydrogens (tertiary/aromatic N) is 1. The minimum absolute atomic E-state index is 0.0819. The lowest BCUT2D eigenvalue weighted by Gasteiger charge is -2.15. The molecule has 15 heavy (non-hydrogen) atoms. The Balaban J connectivity index is 2.78. The highest BCUT2D eigenvalue weighted by molar-refractivity contribution is 5.67. The van der Waals surface area contributed by atoms with E-state index in [4.69, 9.17) is 5.11 Å². The van der Waals surface area contributed by atoms with Crippen molar-refractivity contribution in [2.24, 2.45) is 0 Å². The molecule has 0 spiro atoms. The number of aliphatic carboxylic acids is 1. The molecule has 0 fully saturated rings. The first-order valence-electron chi connectivity index (χ1n) is 5.01. The molecule has 1 unspecified atom stereocenters. The second-order valence-corrected chi connectivity index (χ2v) is 3.44. The predicted octanol–water partition coefficient (Wildman–Crippen LogP) is 1.52. The highest BCUT2D eigenvalue weighted by atomic mass is 16.4. The average Bonchev–Trinajstić information content (AvgIpc) is 2.17. The zero-order valence-corrected chi connectivity index (χ0v) is 9.03. The van der Waals surface area contributed by atoms with Gasteiger partial charge in [0, 0.05) is 17.9 Å². The Kier molecular flexibility index (Phi) is 4.24. The second kappa shape index (κ2) is 5.46. The number of carboxylic acid groups (broad SMARTS) is 1. The molecule has 0 aliphatic heterocycles. The zero-order chi connectivity index (χ0) is 11.3. The number of aryl methyl sites for hydroxylation is 1. The molecule has 0 bridgehead atoms. The van der Waals surface area contributed by atoms with E-state index in [-0.39, 0.29) is 12.5 Å². The van der Waals surface area contributed by atoms with Crippen LogP contribution in [0.5, 0.6) is 0 Å². The van der Waals surface area contributed by atoms with Crippen molar-refractivity contribution >= 4 is 5.97 Å². The van der Waals surface area contributed by atoms with Gasteiger partial charge in [-0.05, 0) is 25.1 Å². The summed E-state index contributed by atoms with van der Waals surface area (Å²) in [7, 11) is 0. The topological polar surface area (TPSA) is 62.2 Å². The lowest BCUT2D eigenvalue weighted by molar-refractivity contribution is -0.137. The Labute approximate surface area is 89.3 Å². The lowest BCUT2D eigenvalue weighted by atomic mass is 10.1. The Morgan fingerprint density at radius 3 is 2.80 bits per heavy atom. The summed E-state index contributed by atoms with van der Waals surface area (Å²) in [6.45, 7) is 4.60. The van der Waals surface area contributed by atoms with Crippen LogP contribution in [0.25, 0.3) is 0 Å². The fourth-order valence-electron chi connectivity index (χ4n) is 1.41. The summed E-state index contributed by atoms with van der Waals surface area (Å²) in [6, 6.07) is 3.65. The van der Waals surface area contributed by atoms with Crippen LogP contribution in [-0.4, -0.2) is 22.6 Å². The summed E-state index contributed by atoms with van der Waals surface area (Å²) >= 11 is 0. The van der Waals surface area contributed by atoms with Gasteiger partial charge in [0.15, 0.2) is 0 Å². The third-order valence-corrected chi connectivity index (χ3v) is 2.17. The number of hydrogen-bond donors (Lipinski definition) is 2. The minimum Gasteiger partial charge on any atom is -0.481 e. The van der Waals surface area contributed by atoms with E-state index in [2.05, 4.69) is 10.3 Å². The maximum atomic E-state index is 10.7. The highest BCUT2D eigenvalue weighted by Crippen LogP contribution is 2.15. The van der Waals surface area contributed by atoms with Crippen molar-refractivity contribution in [1.29, 1.82) is 0 Å². The average molecular weight is 208 g/mol. The molecule has 2 N–H and O–H groups in total. The number of pyridine rings is 1. The van der Waals surface area contributed by atoms with Crippen LogP contribution in [-0.2, 0) is 4.79 Å². The number of carbonyl (C=O) groups is 1. The number of hydrogen-bond acceptors (Lipinski definition) is 3. The van der Waals surface area contributed by atoms with Crippen LogP contribution < -0.4 is 5.32 Å². The molecule has 0 saturated heterocycles. The predicted molar refractivity (Wildman–Crippen MR) is 57.6 cm³/mol. The van der Waals surface area contributed by atoms with Crippen LogP contribution >= 0.6 is 0 Å². The number of rotatable bonds is 5. The molecule has 82 valence electrons. The van der Waals surface area contributed by atoms with Gasteiger partial charge in [0.1, 0.15) is 0 Å². The molecule has 1 aromatic heterocycles. The summed E-state index contributed by atoms with van der Waals surface area (Å²) in [5.74, 6) is -0.804. The molecule has 0 saturated carbocycles. The van der Waals surface area contributed by atoms with E-state index in [9.17, 15) is 4.79 Å². The van der Waals surface area contributed by atoms with Gasteiger partial charge in [-0.3, -0.25) is 9.78 Å². The van der Waals surface area contributed by atoms with Crippen molar-refractivity contribution in [3.63, 3.8) is 0 Å². The van der Waals surface area contributed by atoms with Crippen LogP contribution in [0, 0.1) is 6.92 Å². The summed E-state index contributed by atoms with van der Waals surface area (Å²) in [5.41, 5.74) is 1.86.